The third-order valence-corrected chi connectivity index (χ3v) is 6.97. The monoisotopic (exact) mass is 364 g/mol. The van der Waals surface area contributed by atoms with Gasteiger partial charge in [-0.05, 0) is 31.1 Å². The fourth-order valence-electron chi connectivity index (χ4n) is 5.64. The average Bonchev–Trinajstić information content (AvgIpc) is 2.85. The van der Waals surface area contributed by atoms with Crippen LogP contribution in [0.3, 0.4) is 0 Å². The number of fused-ring (bicyclic) bond motifs is 3. The van der Waals surface area contributed by atoms with Gasteiger partial charge in [-0.15, -0.1) is 0 Å². The Kier molecular flexibility index (Phi) is 4.63. The normalized spacial score (nSPS) is 42.0. The fraction of sp³-hybridized carbons (Fsp3) is 0.737. The lowest BCUT2D eigenvalue weighted by atomic mass is 9.51. The van der Waals surface area contributed by atoms with Crippen molar-refractivity contribution in [3.63, 3.8) is 0 Å². The summed E-state index contributed by atoms with van der Waals surface area (Å²) >= 11 is 0. The summed E-state index contributed by atoms with van der Waals surface area (Å²) in [5, 5.41) is 11.2. The summed E-state index contributed by atoms with van der Waals surface area (Å²) < 4.78 is 4.76. The van der Waals surface area contributed by atoms with Crippen molar-refractivity contribution in [2.24, 2.45) is 29.1 Å². The van der Waals surface area contributed by atoms with Gasteiger partial charge in [0.1, 0.15) is 23.5 Å². The van der Waals surface area contributed by atoms with Crippen molar-refractivity contribution in [1.82, 2.24) is 0 Å². The minimum atomic E-state index is -1.74. The molecule has 3 fully saturated rings. The van der Waals surface area contributed by atoms with Crippen molar-refractivity contribution < 1.29 is 33.8 Å². The molecule has 7 heteroatoms. The second-order valence-corrected chi connectivity index (χ2v) is 8.13. The SMILES string of the molecule is CC(=O)OCC(=O)[C@@]1(O)CC[C@@H]2[C@@H]3CCC(=O)[C@H](C=O)[C@@H]3C(=O)C[C@@]21C. The Morgan fingerprint density at radius 2 is 1.96 bits per heavy atom. The summed E-state index contributed by atoms with van der Waals surface area (Å²) in [5.41, 5.74) is -2.72. The summed E-state index contributed by atoms with van der Waals surface area (Å²) in [6, 6.07) is 0. The number of carbonyl (C=O) groups excluding carboxylic acids is 5. The number of hydrogen-bond donors (Lipinski definition) is 1. The maximum atomic E-state index is 12.8. The second kappa shape index (κ2) is 6.37. The molecule has 3 aliphatic rings. The Balaban J connectivity index is 1.92. The number of esters is 1. The van der Waals surface area contributed by atoms with E-state index in [0.29, 0.717) is 19.1 Å². The summed E-state index contributed by atoms with van der Waals surface area (Å²) in [5.74, 6) is -3.51. The summed E-state index contributed by atoms with van der Waals surface area (Å²) in [6.45, 7) is 2.40. The Morgan fingerprint density at radius 3 is 2.58 bits per heavy atom. The van der Waals surface area contributed by atoms with Crippen LogP contribution in [0.1, 0.15) is 46.0 Å². The molecule has 0 radical (unpaired) electrons. The highest BCUT2D eigenvalue weighted by molar-refractivity contribution is 6.01. The van der Waals surface area contributed by atoms with Gasteiger partial charge in [0, 0.05) is 31.1 Å². The van der Waals surface area contributed by atoms with Crippen LogP contribution in [0.25, 0.3) is 0 Å². The fourth-order valence-corrected chi connectivity index (χ4v) is 5.64. The molecule has 3 rings (SSSR count). The van der Waals surface area contributed by atoms with Crippen LogP contribution in [0.5, 0.6) is 0 Å². The van der Waals surface area contributed by atoms with Gasteiger partial charge in [0.2, 0.25) is 5.78 Å². The van der Waals surface area contributed by atoms with Gasteiger partial charge in [0.15, 0.2) is 6.61 Å². The van der Waals surface area contributed by atoms with E-state index in [0.717, 1.165) is 0 Å². The third-order valence-electron chi connectivity index (χ3n) is 6.97. The zero-order valence-electron chi connectivity index (χ0n) is 15.0. The molecular weight excluding hydrogens is 340 g/mol. The van der Waals surface area contributed by atoms with E-state index in [-0.39, 0.29) is 42.7 Å². The first-order chi connectivity index (χ1) is 12.2. The average molecular weight is 364 g/mol. The maximum Gasteiger partial charge on any atom is 0.303 e. The van der Waals surface area contributed by atoms with E-state index in [4.69, 9.17) is 4.74 Å². The highest BCUT2D eigenvalue weighted by Gasteiger charge is 2.67. The van der Waals surface area contributed by atoms with E-state index in [9.17, 15) is 29.1 Å². The second-order valence-electron chi connectivity index (χ2n) is 8.13. The van der Waals surface area contributed by atoms with Gasteiger partial charge in [-0.3, -0.25) is 19.2 Å². The molecule has 1 N–H and O–H groups in total. The van der Waals surface area contributed by atoms with Crippen LogP contribution < -0.4 is 0 Å². The van der Waals surface area contributed by atoms with Crippen molar-refractivity contribution in [3.05, 3.63) is 0 Å². The number of hydrogen-bond acceptors (Lipinski definition) is 7. The zero-order chi connectivity index (χ0) is 19.3. The summed E-state index contributed by atoms with van der Waals surface area (Å²) in [7, 11) is 0. The van der Waals surface area contributed by atoms with Crippen LogP contribution >= 0.6 is 0 Å². The molecule has 142 valence electrons. The standard InChI is InChI=1S/C19H24O7/c1-10(21)26-9-16(24)19(25)6-5-13-11-3-4-14(22)12(8-20)17(11)15(23)7-18(13,19)2/h8,11-13,17,25H,3-7,9H2,1-2H3/t11-,12-,13+,17+,18-,19-/m0/s1. The zero-order valence-corrected chi connectivity index (χ0v) is 15.0. The van der Waals surface area contributed by atoms with Crippen molar-refractivity contribution in [2.45, 2.75) is 51.6 Å². The molecule has 0 amide bonds. The van der Waals surface area contributed by atoms with E-state index in [1.165, 1.54) is 6.92 Å². The van der Waals surface area contributed by atoms with E-state index >= 15 is 0 Å². The van der Waals surface area contributed by atoms with Crippen molar-refractivity contribution in [1.29, 1.82) is 0 Å². The Bertz CT molecular complexity index is 683. The van der Waals surface area contributed by atoms with Gasteiger partial charge in [-0.25, -0.2) is 0 Å². The predicted molar refractivity (Wildman–Crippen MR) is 87.8 cm³/mol. The highest BCUT2D eigenvalue weighted by Crippen LogP contribution is 2.62. The number of ketones is 3. The van der Waals surface area contributed by atoms with E-state index in [1.807, 2.05) is 0 Å². The van der Waals surface area contributed by atoms with Crippen LogP contribution in [0.4, 0.5) is 0 Å². The lowest BCUT2D eigenvalue weighted by Gasteiger charge is -2.52. The van der Waals surface area contributed by atoms with Gasteiger partial charge in [-0.2, -0.15) is 0 Å². The number of aliphatic hydroxyl groups is 1. The first-order valence-corrected chi connectivity index (χ1v) is 9.05. The van der Waals surface area contributed by atoms with Crippen LogP contribution in [-0.2, 0) is 28.7 Å². The Morgan fingerprint density at radius 1 is 1.27 bits per heavy atom. The van der Waals surface area contributed by atoms with Crippen molar-refractivity contribution in [2.75, 3.05) is 6.61 Å². The van der Waals surface area contributed by atoms with Crippen LogP contribution in [0, 0.1) is 29.1 Å². The first kappa shape index (κ1) is 18.9. The minimum absolute atomic E-state index is 0.0568. The van der Waals surface area contributed by atoms with Crippen LogP contribution in [-0.4, -0.2) is 46.9 Å². The maximum absolute atomic E-state index is 12.8. The molecule has 3 aliphatic carbocycles. The highest BCUT2D eigenvalue weighted by atomic mass is 16.5. The lowest BCUT2D eigenvalue weighted by molar-refractivity contribution is -0.173. The molecular formula is C19H24O7. The number of rotatable bonds is 4. The van der Waals surface area contributed by atoms with Crippen molar-refractivity contribution in [3.8, 4) is 0 Å². The summed E-state index contributed by atoms with van der Waals surface area (Å²) in [4.78, 5) is 59.9. The van der Waals surface area contributed by atoms with Gasteiger partial charge in [0.25, 0.3) is 0 Å². The van der Waals surface area contributed by atoms with Gasteiger partial charge >= 0.3 is 5.97 Å². The van der Waals surface area contributed by atoms with Crippen molar-refractivity contribution >= 4 is 29.6 Å². The molecule has 0 bridgehead atoms. The predicted octanol–water partition coefficient (Wildman–Crippen LogP) is 0.649. The molecule has 0 unspecified atom stereocenters. The molecule has 26 heavy (non-hydrogen) atoms. The molecule has 7 nitrogen and oxygen atoms in total. The molecule has 0 heterocycles. The van der Waals surface area contributed by atoms with Crippen LogP contribution in [0.15, 0.2) is 0 Å². The smallest absolute Gasteiger partial charge is 0.303 e. The van der Waals surface area contributed by atoms with E-state index < -0.39 is 41.2 Å². The topological polar surface area (TPSA) is 115 Å². The number of ether oxygens (including phenoxy) is 1. The van der Waals surface area contributed by atoms with Crippen LogP contribution in [0.2, 0.25) is 0 Å². The minimum Gasteiger partial charge on any atom is -0.458 e. The summed E-state index contributed by atoms with van der Waals surface area (Å²) in [6.07, 6.45) is 1.97. The first-order valence-electron chi connectivity index (χ1n) is 9.05. The lowest BCUT2D eigenvalue weighted by Crippen LogP contribution is -2.60. The van der Waals surface area contributed by atoms with Gasteiger partial charge in [-0.1, -0.05) is 6.92 Å². The largest absolute Gasteiger partial charge is 0.458 e. The molecule has 0 aromatic rings. The van der Waals surface area contributed by atoms with Gasteiger partial charge < -0.3 is 14.6 Å². The molecule has 0 saturated heterocycles. The molecule has 0 spiro atoms. The number of aldehydes is 1. The molecule has 0 aliphatic heterocycles. The Hall–Kier alpha value is -1.89. The molecule has 3 saturated carbocycles. The third kappa shape index (κ3) is 2.55. The number of Topliss-reactive ketones (excluding diaryl/α,β-unsaturated/α-hetero) is 3. The molecule has 0 aromatic heterocycles. The van der Waals surface area contributed by atoms with Gasteiger partial charge in [0.05, 0.1) is 5.92 Å². The van der Waals surface area contributed by atoms with E-state index in [2.05, 4.69) is 0 Å². The Labute approximate surface area is 151 Å². The number of carbonyl (C=O) groups is 5. The molecule has 0 aromatic carbocycles. The molecule has 6 atom stereocenters. The van der Waals surface area contributed by atoms with E-state index in [1.54, 1.807) is 6.92 Å². The quantitative estimate of drug-likeness (QED) is 0.442.